The number of aromatic nitrogens is 2. The maximum absolute atomic E-state index is 12.3. The number of carbonyl (C=O) groups excluding carboxylic acids is 1. The van der Waals surface area contributed by atoms with Crippen LogP contribution in [0.15, 0.2) is 6.33 Å². The van der Waals surface area contributed by atoms with Gasteiger partial charge in [-0.3, -0.25) is 9.69 Å². The van der Waals surface area contributed by atoms with Crippen molar-refractivity contribution < 1.29 is 9.53 Å². The lowest BCUT2D eigenvalue weighted by molar-refractivity contribution is -0.123. The van der Waals surface area contributed by atoms with Crippen molar-refractivity contribution >= 4 is 11.7 Å². The highest BCUT2D eigenvalue weighted by Crippen LogP contribution is 2.32. The summed E-state index contributed by atoms with van der Waals surface area (Å²) in [4.78, 5) is 25.8. The molecule has 3 heterocycles. The maximum Gasteiger partial charge on any atom is 0.234 e. The molecule has 2 fully saturated rings. The summed E-state index contributed by atoms with van der Waals surface area (Å²) in [7, 11) is 0. The molecule has 1 aromatic rings. The minimum atomic E-state index is 0.132. The van der Waals surface area contributed by atoms with Crippen LogP contribution in [-0.2, 0) is 22.5 Å². The van der Waals surface area contributed by atoms with Gasteiger partial charge in [-0.15, -0.1) is 0 Å². The van der Waals surface area contributed by atoms with Gasteiger partial charge < -0.3 is 15.0 Å². The zero-order valence-electron chi connectivity index (χ0n) is 14.9. The second kappa shape index (κ2) is 7.25. The number of hydrogen-bond acceptors (Lipinski definition) is 6. The zero-order chi connectivity index (χ0) is 17.2. The van der Waals surface area contributed by atoms with Crippen LogP contribution in [-0.4, -0.2) is 66.2 Å². The van der Waals surface area contributed by atoms with Crippen LogP contribution in [0.25, 0.3) is 0 Å². The number of anilines is 1. The molecule has 136 valence electrons. The Morgan fingerprint density at radius 1 is 1.32 bits per heavy atom. The molecule has 25 heavy (non-hydrogen) atoms. The SMILES string of the molecule is C[C@@H](NC(=O)CN1CCc2ncnc(N3CCOCC3)c2C1)C1CC1. The van der Waals surface area contributed by atoms with Gasteiger partial charge in [0.1, 0.15) is 12.1 Å². The number of amides is 1. The molecule has 0 unspecified atom stereocenters. The minimum absolute atomic E-state index is 0.132. The number of nitrogens with zero attached hydrogens (tertiary/aromatic N) is 4. The van der Waals surface area contributed by atoms with Gasteiger partial charge in [-0.2, -0.15) is 0 Å². The Morgan fingerprint density at radius 2 is 2.12 bits per heavy atom. The Labute approximate surface area is 148 Å². The lowest BCUT2D eigenvalue weighted by atomic mass is 10.1. The Morgan fingerprint density at radius 3 is 2.88 bits per heavy atom. The molecule has 1 aliphatic carbocycles. The fourth-order valence-corrected chi connectivity index (χ4v) is 3.78. The minimum Gasteiger partial charge on any atom is -0.378 e. The maximum atomic E-state index is 12.3. The highest BCUT2D eigenvalue weighted by molar-refractivity contribution is 5.78. The molecular weight excluding hydrogens is 318 g/mol. The Kier molecular flexibility index (Phi) is 4.85. The van der Waals surface area contributed by atoms with Crippen molar-refractivity contribution in [1.29, 1.82) is 0 Å². The Hall–Kier alpha value is -1.73. The van der Waals surface area contributed by atoms with Crippen molar-refractivity contribution in [2.45, 2.75) is 38.8 Å². The molecule has 7 nitrogen and oxygen atoms in total. The van der Waals surface area contributed by atoms with Gasteiger partial charge in [0.05, 0.1) is 25.5 Å². The van der Waals surface area contributed by atoms with E-state index in [0.717, 1.165) is 57.3 Å². The summed E-state index contributed by atoms with van der Waals surface area (Å²) in [6.45, 7) is 7.39. The lowest BCUT2D eigenvalue weighted by Gasteiger charge is -2.33. The molecule has 1 aromatic heterocycles. The topological polar surface area (TPSA) is 70.6 Å². The summed E-state index contributed by atoms with van der Waals surface area (Å²) < 4.78 is 5.45. The lowest BCUT2D eigenvalue weighted by Crippen LogP contribution is -2.44. The van der Waals surface area contributed by atoms with E-state index in [0.29, 0.717) is 18.5 Å². The van der Waals surface area contributed by atoms with Crippen molar-refractivity contribution in [3.8, 4) is 0 Å². The third-order valence-electron chi connectivity index (χ3n) is 5.45. The third-order valence-corrected chi connectivity index (χ3v) is 5.45. The van der Waals surface area contributed by atoms with E-state index in [1.165, 1.54) is 18.4 Å². The second-order valence-electron chi connectivity index (χ2n) is 7.38. The van der Waals surface area contributed by atoms with E-state index in [1.807, 2.05) is 0 Å². The summed E-state index contributed by atoms with van der Waals surface area (Å²) in [6.07, 6.45) is 5.04. The monoisotopic (exact) mass is 345 g/mol. The second-order valence-corrected chi connectivity index (χ2v) is 7.38. The molecule has 1 saturated carbocycles. The largest absolute Gasteiger partial charge is 0.378 e. The molecule has 0 radical (unpaired) electrons. The first-order valence-electron chi connectivity index (χ1n) is 9.38. The van der Waals surface area contributed by atoms with Gasteiger partial charge in [0, 0.05) is 44.2 Å². The van der Waals surface area contributed by atoms with Crippen LogP contribution in [0.3, 0.4) is 0 Å². The van der Waals surface area contributed by atoms with E-state index in [-0.39, 0.29) is 5.91 Å². The van der Waals surface area contributed by atoms with Gasteiger partial charge >= 0.3 is 0 Å². The fraction of sp³-hybridized carbons (Fsp3) is 0.722. The number of ether oxygens (including phenoxy) is 1. The fourth-order valence-electron chi connectivity index (χ4n) is 3.78. The van der Waals surface area contributed by atoms with Gasteiger partial charge in [0.15, 0.2) is 0 Å². The normalized spacial score (nSPS) is 22.4. The first kappa shape index (κ1) is 16.7. The van der Waals surface area contributed by atoms with Crippen LogP contribution in [0.1, 0.15) is 31.0 Å². The van der Waals surface area contributed by atoms with Crippen LogP contribution >= 0.6 is 0 Å². The molecule has 0 aromatic carbocycles. The van der Waals surface area contributed by atoms with E-state index < -0.39 is 0 Å². The molecule has 4 rings (SSSR count). The average Bonchev–Trinajstić information content (AvgIpc) is 3.47. The number of nitrogens with one attached hydrogen (secondary N) is 1. The smallest absolute Gasteiger partial charge is 0.234 e. The standard InChI is InChI=1S/C18H27N5O2/c1-13(14-2-3-14)21-17(24)11-22-5-4-16-15(10-22)18(20-12-19-16)23-6-8-25-9-7-23/h12-14H,2-11H2,1H3,(H,21,24)/t13-/m1/s1. The van der Waals surface area contributed by atoms with Crippen LogP contribution in [0, 0.1) is 5.92 Å². The van der Waals surface area contributed by atoms with E-state index in [9.17, 15) is 4.79 Å². The van der Waals surface area contributed by atoms with E-state index in [4.69, 9.17) is 4.74 Å². The van der Waals surface area contributed by atoms with Crippen molar-refractivity contribution in [3.63, 3.8) is 0 Å². The first-order valence-corrected chi connectivity index (χ1v) is 9.38. The van der Waals surface area contributed by atoms with Crippen molar-refractivity contribution in [2.24, 2.45) is 5.92 Å². The van der Waals surface area contributed by atoms with Crippen LogP contribution in [0.2, 0.25) is 0 Å². The highest BCUT2D eigenvalue weighted by Gasteiger charge is 2.30. The van der Waals surface area contributed by atoms with Gasteiger partial charge in [-0.25, -0.2) is 9.97 Å². The van der Waals surface area contributed by atoms with E-state index >= 15 is 0 Å². The van der Waals surface area contributed by atoms with E-state index in [2.05, 4.69) is 32.0 Å². The molecule has 2 aliphatic heterocycles. The summed E-state index contributed by atoms with van der Waals surface area (Å²) in [5.74, 6) is 1.84. The predicted molar refractivity (Wildman–Crippen MR) is 94.4 cm³/mol. The van der Waals surface area contributed by atoms with Gasteiger partial charge in [0.2, 0.25) is 5.91 Å². The summed E-state index contributed by atoms with van der Waals surface area (Å²) in [6, 6.07) is 0.303. The highest BCUT2D eigenvalue weighted by atomic mass is 16.5. The molecule has 0 spiro atoms. The molecule has 1 amide bonds. The first-order chi connectivity index (χ1) is 12.2. The number of rotatable bonds is 5. The van der Waals surface area contributed by atoms with Crippen molar-refractivity contribution in [1.82, 2.24) is 20.2 Å². The average molecular weight is 345 g/mol. The van der Waals surface area contributed by atoms with Gasteiger partial charge in [0.25, 0.3) is 0 Å². The molecule has 1 N–H and O–H groups in total. The van der Waals surface area contributed by atoms with Crippen LogP contribution < -0.4 is 10.2 Å². The number of fused-ring (bicyclic) bond motifs is 1. The molecule has 0 bridgehead atoms. The molecule has 1 saturated heterocycles. The number of carbonyl (C=O) groups is 1. The molecular formula is C18H27N5O2. The van der Waals surface area contributed by atoms with Crippen LogP contribution in [0.4, 0.5) is 5.82 Å². The summed E-state index contributed by atoms with van der Waals surface area (Å²) in [5, 5.41) is 3.15. The van der Waals surface area contributed by atoms with E-state index in [1.54, 1.807) is 6.33 Å². The Balaban J connectivity index is 1.41. The van der Waals surface area contributed by atoms with Gasteiger partial charge in [-0.05, 0) is 25.7 Å². The molecule has 3 aliphatic rings. The predicted octanol–water partition coefficient (Wildman–Crippen LogP) is 0.586. The van der Waals surface area contributed by atoms with Gasteiger partial charge in [-0.1, -0.05) is 0 Å². The summed E-state index contributed by atoms with van der Waals surface area (Å²) >= 11 is 0. The molecule has 1 atom stereocenters. The van der Waals surface area contributed by atoms with Crippen LogP contribution in [0.5, 0.6) is 0 Å². The third kappa shape index (κ3) is 3.93. The number of hydrogen-bond donors (Lipinski definition) is 1. The summed E-state index contributed by atoms with van der Waals surface area (Å²) in [5.41, 5.74) is 2.30. The Bertz CT molecular complexity index is 628. The van der Waals surface area contributed by atoms with Crippen molar-refractivity contribution in [3.05, 3.63) is 17.6 Å². The quantitative estimate of drug-likeness (QED) is 0.842. The number of morpholine rings is 1. The van der Waals surface area contributed by atoms with Crippen molar-refractivity contribution in [2.75, 3.05) is 44.3 Å². The molecule has 7 heteroatoms. The zero-order valence-corrected chi connectivity index (χ0v) is 14.9.